The monoisotopic (exact) mass is 298 g/mol. The van der Waals surface area contributed by atoms with Gasteiger partial charge < -0.3 is 4.98 Å². The van der Waals surface area contributed by atoms with E-state index in [4.69, 9.17) is 0 Å². The number of hydrogen-bond donors (Lipinski definition) is 1. The maximum atomic E-state index is 11.5. The van der Waals surface area contributed by atoms with E-state index in [2.05, 4.69) is 15.0 Å². The van der Waals surface area contributed by atoms with Gasteiger partial charge in [-0.1, -0.05) is 13.3 Å². The molecule has 0 bridgehead atoms. The van der Waals surface area contributed by atoms with Gasteiger partial charge in [0.1, 0.15) is 6.20 Å². The predicted octanol–water partition coefficient (Wildman–Crippen LogP) is 2.24. The molecule has 9 heteroatoms. The lowest BCUT2D eigenvalue weighted by Crippen LogP contribution is -2.09. The zero-order valence-corrected chi connectivity index (χ0v) is 11.6. The van der Waals surface area contributed by atoms with Gasteiger partial charge in [0.15, 0.2) is 9.50 Å². The van der Waals surface area contributed by atoms with E-state index in [0.717, 1.165) is 35.9 Å². The molecule has 2 heterocycles. The van der Waals surface area contributed by atoms with Crippen LogP contribution >= 0.6 is 23.1 Å². The Morgan fingerprint density at radius 1 is 1.58 bits per heavy atom. The third-order valence-corrected chi connectivity index (χ3v) is 4.03. The topological polar surface area (TPSA) is 102 Å². The SMILES string of the molecule is CCCc1cc(=O)[nH]c(Sc2ncc([N+](=O)[O-])s2)n1. The molecule has 2 aromatic rings. The number of aromatic nitrogens is 3. The Bertz CT molecular complexity index is 652. The molecule has 0 saturated heterocycles. The third kappa shape index (κ3) is 3.61. The molecule has 0 amide bonds. The van der Waals surface area contributed by atoms with Crippen molar-refractivity contribution in [3.05, 3.63) is 38.4 Å². The van der Waals surface area contributed by atoms with Crippen LogP contribution in [0.15, 0.2) is 26.6 Å². The smallest absolute Gasteiger partial charge is 0.301 e. The van der Waals surface area contributed by atoms with Crippen molar-refractivity contribution < 1.29 is 4.92 Å². The highest BCUT2D eigenvalue weighted by atomic mass is 32.2. The highest BCUT2D eigenvalue weighted by molar-refractivity contribution is 8.00. The molecule has 0 spiro atoms. The molecule has 1 N–H and O–H groups in total. The fourth-order valence-corrected chi connectivity index (χ4v) is 3.09. The average Bonchev–Trinajstić information content (AvgIpc) is 2.77. The lowest BCUT2D eigenvalue weighted by atomic mass is 10.2. The van der Waals surface area contributed by atoms with Crippen LogP contribution in [0.5, 0.6) is 0 Å². The van der Waals surface area contributed by atoms with E-state index in [1.807, 2.05) is 6.92 Å². The Labute approximate surface area is 116 Å². The first-order valence-corrected chi connectivity index (χ1v) is 7.10. The van der Waals surface area contributed by atoms with Crippen LogP contribution < -0.4 is 5.56 Å². The third-order valence-electron chi connectivity index (χ3n) is 2.12. The van der Waals surface area contributed by atoms with E-state index >= 15 is 0 Å². The first-order chi connectivity index (χ1) is 9.08. The van der Waals surface area contributed by atoms with Crippen LogP contribution in [-0.4, -0.2) is 19.9 Å². The summed E-state index contributed by atoms with van der Waals surface area (Å²) in [6.07, 6.45) is 2.81. The number of H-pyrrole nitrogens is 1. The normalized spacial score (nSPS) is 10.6. The molecule has 0 unspecified atom stereocenters. The lowest BCUT2D eigenvalue weighted by molar-refractivity contribution is -0.380. The number of nitrogens with zero attached hydrogens (tertiary/aromatic N) is 3. The van der Waals surface area contributed by atoms with Gasteiger partial charge in [0.25, 0.3) is 5.56 Å². The highest BCUT2D eigenvalue weighted by Gasteiger charge is 2.13. The van der Waals surface area contributed by atoms with Gasteiger partial charge in [0, 0.05) is 11.8 Å². The maximum absolute atomic E-state index is 11.5. The van der Waals surface area contributed by atoms with Gasteiger partial charge in [0.2, 0.25) is 0 Å². The molecule has 0 saturated carbocycles. The molecular formula is C10H10N4O3S2. The van der Waals surface area contributed by atoms with Crippen LogP contribution in [0.25, 0.3) is 0 Å². The van der Waals surface area contributed by atoms with Gasteiger partial charge in [-0.25, -0.2) is 9.97 Å². The summed E-state index contributed by atoms with van der Waals surface area (Å²) in [5, 5.41) is 10.9. The van der Waals surface area contributed by atoms with Crippen LogP contribution in [0.2, 0.25) is 0 Å². The second-order valence-electron chi connectivity index (χ2n) is 3.62. The standard InChI is InChI=1S/C10H10N4O3S2/c1-2-3-6-4-7(15)13-9(12-6)19-10-11-5-8(18-10)14(16)17/h4-5H,2-3H2,1H3,(H,12,13,15). The summed E-state index contributed by atoms with van der Waals surface area (Å²) < 4.78 is 0.475. The molecule has 0 aliphatic carbocycles. The Morgan fingerprint density at radius 2 is 2.37 bits per heavy atom. The summed E-state index contributed by atoms with van der Waals surface area (Å²) in [5.74, 6) is 0. The van der Waals surface area contributed by atoms with Crippen molar-refractivity contribution in [3.8, 4) is 0 Å². The summed E-state index contributed by atoms with van der Waals surface area (Å²) in [5.41, 5.74) is 0.479. The number of aromatic amines is 1. The number of aryl methyl sites for hydroxylation is 1. The summed E-state index contributed by atoms with van der Waals surface area (Å²) in [6.45, 7) is 2.00. The molecular weight excluding hydrogens is 288 g/mol. The molecule has 0 atom stereocenters. The number of nitro groups is 1. The highest BCUT2D eigenvalue weighted by Crippen LogP contribution is 2.32. The summed E-state index contributed by atoms with van der Waals surface area (Å²) in [6, 6.07) is 1.46. The van der Waals surface area contributed by atoms with Crippen LogP contribution in [-0.2, 0) is 6.42 Å². The Balaban J connectivity index is 2.22. The van der Waals surface area contributed by atoms with Crippen molar-refractivity contribution in [1.82, 2.24) is 15.0 Å². The van der Waals surface area contributed by atoms with E-state index < -0.39 is 4.92 Å². The molecule has 0 fully saturated rings. The predicted molar refractivity (Wildman–Crippen MR) is 71.7 cm³/mol. The van der Waals surface area contributed by atoms with E-state index in [1.54, 1.807) is 0 Å². The fraction of sp³-hybridized carbons (Fsp3) is 0.300. The Morgan fingerprint density at radius 3 is 3.00 bits per heavy atom. The summed E-state index contributed by atoms with van der Waals surface area (Å²) in [7, 11) is 0. The molecule has 100 valence electrons. The second-order valence-corrected chi connectivity index (χ2v) is 5.86. The molecule has 19 heavy (non-hydrogen) atoms. The second kappa shape index (κ2) is 5.93. The van der Waals surface area contributed by atoms with Crippen LogP contribution in [0, 0.1) is 10.1 Å². The molecule has 0 aromatic carbocycles. The van der Waals surface area contributed by atoms with Crippen molar-refractivity contribution in [3.63, 3.8) is 0 Å². The first-order valence-electron chi connectivity index (χ1n) is 5.47. The van der Waals surface area contributed by atoms with Crippen molar-refractivity contribution in [2.45, 2.75) is 29.3 Å². The Kier molecular flexibility index (Phi) is 4.27. The molecule has 0 radical (unpaired) electrons. The maximum Gasteiger partial charge on any atom is 0.344 e. The summed E-state index contributed by atoms with van der Waals surface area (Å²) >= 11 is 2.07. The van der Waals surface area contributed by atoms with Crippen molar-refractivity contribution in [2.24, 2.45) is 0 Å². The van der Waals surface area contributed by atoms with Crippen LogP contribution in [0.3, 0.4) is 0 Å². The van der Waals surface area contributed by atoms with Gasteiger partial charge in [-0.3, -0.25) is 14.9 Å². The molecule has 7 nitrogen and oxygen atoms in total. The van der Waals surface area contributed by atoms with E-state index in [9.17, 15) is 14.9 Å². The van der Waals surface area contributed by atoms with Gasteiger partial charge in [0.05, 0.1) is 4.92 Å². The minimum atomic E-state index is -0.495. The van der Waals surface area contributed by atoms with Gasteiger partial charge >= 0.3 is 5.00 Å². The minimum absolute atomic E-state index is 0.0328. The van der Waals surface area contributed by atoms with Crippen molar-refractivity contribution in [2.75, 3.05) is 0 Å². The quantitative estimate of drug-likeness (QED) is 0.516. The van der Waals surface area contributed by atoms with Crippen LogP contribution in [0.4, 0.5) is 5.00 Å². The average molecular weight is 298 g/mol. The first kappa shape index (κ1) is 13.7. The molecule has 0 aliphatic heterocycles. The number of rotatable bonds is 5. The van der Waals surface area contributed by atoms with E-state index in [-0.39, 0.29) is 10.6 Å². The molecule has 2 rings (SSSR count). The van der Waals surface area contributed by atoms with Crippen molar-refractivity contribution >= 4 is 28.1 Å². The number of nitrogens with one attached hydrogen (secondary N) is 1. The number of hydrogen-bond acceptors (Lipinski definition) is 7. The van der Waals surface area contributed by atoms with E-state index in [0.29, 0.717) is 15.2 Å². The van der Waals surface area contributed by atoms with Crippen LogP contribution in [0.1, 0.15) is 19.0 Å². The van der Waals surface area contributed by atoms with E-state index in [1.165, 1.54) is 12.3 Å². The number of thiazole rings is 1. The zero-order valence-electron chi connectivity index (χ0n) is 9.95. The van der Waals surface area contributed by atoms with Crippen molar-refractivity contribution in [1.29, 1.82) is 0 Å². The Hall–Kier alpha value is -1.74. The zero-order chi connectivity index (χ0) is 13.8. The van der Waals surface area contributed by atoms with Gasteiger partial charge in [-0.2, -0.15) is 0 Å². The largest absolute Gasteiger partial charge is 0.344 e. The lowest BCUT2D eigenvalue weighted by Gasteiger charge is -2.00. The van der Waals surface area contributed by atoms with Gasteiger partial charge in [-0.05, 0) is 29.5 Å². The molecule has 0 aliphatic rings. The van der Waals surface area contributed by atoms with Gasteiger partial charge in [-0.15, -0.1) is 0 Å². The molecule has 2 aromatic heterocycles. The fourth-order valence-electron chi connectivity index (χ4n) is 1.38. The summed E-state index contributed by atoms with van der Waals surface area (Å²) in [4.78, 5) is 32.3. The minimum Gasteiger partial charge on any atom is -0.301 e.